The summed E-state index contributed by atoms with van der Waals surface area (Å²) in [5.41, 5.74) is 3.31. The Kier molecular flexibility index (Phi) is 5.61. The molecule has 0 unspecified atom stereocenters. The summed E-state index contributed by atoms with van der Waals surface area (Å²) in [7, 11) is 3.34. The van der Waals surface area contributed by atoms with Crippen LogP contribution in [0.15, 0.2) is 49.3 Å². The van der Waals surface area contributed by atoms with Crippen LogP contribution in [0.25, 0.3) is 33.5 Å². The first-order valence-corrected chi connectivity index (χ1v) is 10.8. The highest BCUT2D eigenvalue weighted by Crippen LogP contribution is 2.32. The fraction of sp³-hybridized carbons (Fsp3) is 0.217. The Morgan fingerprint density at radius 2 is 1.97 bits per heavy atom. The van der Waals surface area contributed by atoms with Crippen LogP contribution in [-0.2, 0) is 11.8 Å². The van der Waals surface area contributed by atoms with Crippen molar-refractivity contribution in [3.63, 3.8) is 0 Å². The maximum atomic E-state index is 13.1. The van der Waals surface area contributed by atoms with E-state index in [0.717, 1.165) is 16.5 Å². The van der Waals surface area contributed by atoms with E-state index in [0.29, 0.717) is 34.4 Å². The van der Waals surface area contributed by atoms with E-state index in [-0.39, 0.29) is 6.10 Å². The van der Waals surface area contributed by atoms with Gasteiger partial charge in [0.1, 0.15) is 11.5 Å². The second-order valence-electron chi connectivity index (χ2n) is 8.06. The average Bonchev–Trinajstić information content (AvgIpc) is 3.58. The van der Waals surface area contributed by atoms with Gasteiger partial charge in [-0.25, -0.2) is 19.3 Å². The average molecular weight is 473 g/mol. The highest BCUT2D eigenvalue weighted by atomic mass is 16.6. The lowest BCUT2D eigenvalue weighted by Crippen LogP contribution is -2.18. The summed E-state index contributed by atoms with van der Waals surface area (Å²) >= 11 is 0. The van der Waals surface area contributed by atoms with Crippen molar-refractivity contribution in [2.45, 2.75) is 20.0 Å². The highest BCUT2D eigenvalue weighted by molar-refractivity contribution is 5.97. The number of pyridine rings is 1. The maximum Gasteiger partial charge on any atom is 0.419 e. The van der Waals surface area contributed by atoms with E-state index in [1.807, 2.05) is 19.3 Å². The van der Waals surface area contributed by atoms with Gasteiger partial charge in [-0.2, -0.15) is 15.2 Å². The minimum Gasteiger partial charge on any atom is -0.479 e. The van der Waals surface area contributed by atoms with Crippen molar-refractivity contribution in [2.24, 2.45) is 7.05 Å². The first-order valence-electron chi connectivity index (χ1n) is 10.8. The van der Waals surface area contributed by atoms with Crippen LogP contribution in [0.4, 0.5) is 16.3 Å². The van der Waals surface area contributed by atoms with Crippen LogP contribution in [0.2, 0.25) is 0 Å². The molecular weight excluding hydrogens is 450 g/mol. The number of nitrogens with one attached hydrogen (secondary N) is 2. The third-order valence-corrected chi connectivity index (χ3v) is 5.17. The predicted octanol–water partition coefficient (Wildman–Crippen LogP) is 3.76. The lowest BCUT2D eigenvalue weighted by Gasteiger charge is -2.13. The van der Waals surface area contributed by atoms with Gasteiger partial charge < -0.3 is 14.8 Å². The Balaban J connectivity index is 1.55. The van der Waals surface area contributed by atoms with Crippen LogP contribution in [0.1, 0.15) is 13.8 Å². The van der Waals surface area contributed by atoms with Gasteiger partial charge in [0.2, 0.25) is 5.88 Å². The number of hydrogen-bond donors (Lipinski definition) is 2. The Hall–Kier alpha value is -4.74. The second kappa shape index (κ2) is 8.89. The highest BCUT2D eigenvalue weighted by Gasteiger charge is 2.21. The molecule has 5 aromatic heterocycles. The number of aromatic amines is 1. The fourth-order valence-electron chi connectivity index (χ4n) is 3.64. The molecule has 0 fully saturated rings. The molecule has 0 bridgehead atoms. The number of carbonyl (C=O) groups is 1. The van der Waals surface area contributed by atoms with E-state index in [1.165, 1.54) is 11.7 Å². The van der Waals surface area contributed by atoms with Crippen molar-refractivity contribution < 1.29 is 14.3 Å². The Bertz CT molecular complexity index is 1500. The lowest BCUT2D eigenvalue weighted by atomic mass is 10.2. The number of hydrogen-bond acceptors (Lipinski definition) is 9. The number of methoxy groups -OCH3 is 1. The van der Waals surface area contributed by atoms with E-state index in [2.05, 4.69) is 35.6 Å². The van der Waals surface area contributed by atoms with Gasteiger partial charge in [-0.15, -0.1) is 0 Å². The molecule has 35 heavy (non-hydrogen) atoms. The molecule has 5 rings (SSSR count). The first-order chi connectivity index (χ1) is 16.9. The number of H-pyrrole nitrogens is 1. The van der Waals surface area contributed by atoms with E-state index in [1.54, 1.807) is 55.6 Å². The minimum atomic E-state index is -0.489. The number of fused-ring (bicyclic) bond motifs is 1. The summed E-state index contributed by atoms with van der Waals surface area (Å²) in [6, 6.07) is 3.65. The number of carbonyl (C=O) groups excluding carboxylic acids is 1. The van der Waals surface area contributed by atoms with Crippen molar-refractivity contribution in [1.29, 1.82) is 0 Å². The van der Waals surface area contributed by atoms with Gasteiger partial charge in [-0.1, -0.05) is 0 Å². The Morgan fingerprint density at radius 3 is 2.66 bits per heavy atom. The molecule has 2 N–H and O–H groups in total. The largest absolute Gasteiger partial charge is 0.479 e. The standard InChI is InChI=1S/C23H23N9O3/c1-13(2)35-23(33)32-18(16-10-28-31(3)12-16)5-14-7-24-20(6-19(14)32)29-17-11-25-21(30-22(17)34-4)15-8-26-27-9-15/h5-13H,1-4H3,(H,24,29)(H,26,27). The van der Waals surface area contributed by atoms with Gasteiger partial charge in [-0.3, -0.25) is 9.78 Å². The molecule has 12 nitrogen and oxygen atoms in total. The first kappa shape index (κ1) is 22.1. The van der Waals surface area contributed by atoms with Crippen LogP contribution in [0.5, 0.6) is 5.88 Å². The maximum absolute atomic E-state index is 13.1. The molecular formula is C23H23N9O3. The van der Waals surface area contributed by atoms with Gasteiger partial charge >= 0.3 is 6.09 Å². The summed E-state index contributed by atoms with van der Waals surface area (Å²) in [6.45, 7) is 3.61. The van der Waals surface area contributed by atoms with Gasteiger partial charge in [0, 0.05) is 42.7 Å². The van der Waals surface area contributed by atoms with Crippen LogP contribution < -0.4 is 10.1 Å². The number of anilines is 2. The number of aryl methyl sites for hydroxylation is 1. The third kappa shape index (κ3) is 4.28. The molecule has 5 heterocycles. The molecule has 0 atom stereocenters. The smallest absolute Gasteiger partial charge is 0.419 e. The number of nitrogens with zero attached hydrogens (tertiary/aromatic N) is 7. The van der Waals surface area contributed by atoms with E-state index in [9.17, 15) is 4.79 Å². The Morgan fingerprint density at radius 1 is 1.11 bits per heavy atom. The lowest BCUT2D eigenvalue weighted by molar-refractivity contribution is 0.118. The number of rotatable bonds is 6. The second-order valence-corrected chi connectivity index (χ2v) is 8.06. The number of aromatic nitrogens is 8. The molecule has 0 aliphatic carbocycles. The summed E-state index contributed by atoms with van der Waals surface area (Å²) in [6.07, 6.45) is 9.38. The van der Waals surface area contributed by atoms with Gasteiger partial charge in [0.05, 0.1) is 48.6 Å². The summed E-state index contributed by atoms with van der Waals surface area (Å²) in [5, 5.41) is 14.8. The predicted molar refractivity (Wildman–Crippen MR) is 128 cm³/mol. The van der Waals surface area contributed by atoms with Crippen molar-refractivity contribution in [3.05, 3.63) is 49.3 Å². The Labute approximate surface area is 199 Å². The molecule has 0 amide bonds. The zero-order valence-electron chi connectivity index (χ0n) is 19.6. The van der Waals surface area contributed by atoms with Crippen LogP contribution in [0, 0.1) is 0 Å². The van der Waals surface area contributed by atoms with Gasteiger partial charge in [-0.05, 0) is 19.9 Å². The van der Waals surface area contributed by atoms with Crippen molar-refractivity contribution in [2.75, 3.05) is 12.4 Å². The molecule has 5 aromatic rings. The quantitative estimate of drug-likeness (QED) is 0.377. The molecule has 178 valence electrons. The number of ether oxygens (including phenoxy) is 2. The molecule has 12 heteroatoms. The normalized spacial score (nSPS) is 11.2. The van der Waals surface area contributed by atoms with Crippen LogP contribution in [0.3, 0.4) is 0 Å². The zero-order valence-corrected chi connectivity index (χ0v) is 19.6. The molecule has 0 aromatic carbocycles. The van der Waals surface area contributed by atoms with Crippen molar-refractivity contribution >= 4 is 28.5 Å². The summed E-state index contributed by atoms with van der Waals surface area (Å²) in [5.74, 6) is 1.28. The molecule has 0 radical (unpaired) electrons. The van der Waals surface area contributed by atoms with Crippen molar-refractivity contribution in [1.82, 2.24) is 39.5 Å². The summed E-state index contributed by atoms with van der Waals surface area (Å²) in [4.78, 5) is 26.4. The van der Waals surface area contributed by atoms with Crippen LogP contribution in [-0.4, -0.2) is 58.8 Å². The van der Waals surface area contributed by atoms with E-state index >= 15 is 0 Å². The zero-order chi connectivity index (χ0) is 24.5. The summed E-state index contributed by atoms with van der Waals surface area (Å²) < 4.78 is 14.2. The van der Waals surface area contributed by atoms with Gasteiger partial charge in [0.25, 0.3) is 0 Å². The van der Waals surface area contributed by atoms with Crippen molar-refractivity contribution in [3.8, 4) is 28.5 Å². The molecule has 0 spiro atoms. The fourth-order valence-corrected chi connectivity index (χ4v) is 3.64. The molecule has 0 aliphatic rings. The van der Waals surface area contributed by atoms with Gasteiger partial charge in [0.15, 0.2) is 5.82 Å². The SMILES string of the molecule is COc1nc(-c2cn[nH]c2)ncc1Nc1cc2c(cn1)cc(-c1cnn(C)c1)n2C(=O)OC(C)C. The monoisotopic (exact) mass is 473 g/mol. The van der Waals surface area contributed by atoms with E-state index in [4.69, 9.17) is 9.47 Å². The molecule has 0 aliphatic heterocycles. The molecule has 0 saturated heterocycles. The topological polar surface area (TPSA) is 138 Å². The minimum absolute atomic E-state index is 0.281. The van der Waals surface area contributed by atoms with E-state index < -0.39 is 6.09 Å². The third-order valence-electron chi connectivity index (χ3n) is 5.17. The van der Waals surface area contributed by atoms with Crippen LogP contribution >= 0.6 is 0 Å². The molecule has 0 saturated carbocycles.